The molecule has 13 heteroatoms. The summed E-state index contributed by atoms with van der Waals surface area (Å²) in [6, 6.07) is -1.00. The van der Waals surface area contributed by atoms with E-state index in [0.29, 0.717) is 0 Å². The van der Waals surface area contributed by atoms with Gasteiger partial charge in [-0.25, -0.2) is 4.79 Å². The molecule has 0 spiro atoms. The molecule has 232 valence electrons. The summed E-state index contributed by atoms with van der Waals surface area (Å²) in [4.78, 5) is 36.9. The minimum absolute atomic E-state index is 0.0649. The first kappa shape index (κ1) is 31.8. The molecule has 1 unspecified atom stereocenters. The average molecular weight is 586 g/mol. The fourth-order valence-electron chi connectivity index (χ4n) is 7.83. The number of hydrogen-bond acceptors (Lipinski definition) is 12. The predicted octanol–water partition coefficient (Wildman–Crippen LogP) is -1.55. The monoisotopic (exact) mass is 585 g/mol. The normalized spacial score (nSPS) is 44.6. The topological polar surface area (TPSA) is 212 Å². The van der Waals surface area contributed by atoms with Crippen LogP contribution >= 0.6 is 0 Å². The van der Waals surface area contributed by atoms with Gasteiger partial charge in [-0.3, -0.25) is 9.59 Å². The number of carbonyl (C=O) groups excluding carboxylic acids is 3. The Labute approximate surface area is 238 Å². The zero-order chi connectivity index (χ0) is 31.0. The van der Waals surface area contributed by atoms with Crippen molar-refractivity contribution in [2.75, 3.05) is 6.61 Å². The van der Waals surface area contributed by atoms with Crippen LogP contribution in [0.15, 0.2) is 11.1 Å². The minimum Gasteiger partial charge on any atom is -0.459 e. The molecule has 4 rings (SSSR count). The Morgan fingerprint density at radius 1 is 1.07 bits per heavy atom. The Balaban J connectivity index is 1.89. The Hall–Kier alpha value is -2.13. The Kier molecular flexibility index (Phi) is 7.95. The lowest BCUT2D eigenvalue weighted by Crippen LogP contribution is -2.81. The molecule has 1 heterocycles. The molecule has 3 fully saturated rings. The van der Waals surface area contributed by atoms with E-state index in [2.05, 4.69) is 5.32 Å². The molecule has 7 N–H and O–H groups in total. The van der Waals surface area contributed by atoms with E-state index in [9.17, 15) is 45.0 Å². The van der Waals surface area contributed by atoms with Crippen molar-refractivity contribution in [2.24, 2.45) is 16.7 Å². The lowest BCUT2D eigenvalue weighted by Gasteiger charge is -2.68. The van der Waals surface area contributed by atoms with Crippen LogP contribution in [0, 0.1) is 16.7 Å². The molecule has 0 aromatic rings. The van der Waals surface area contributed by atoms with Crippen LogP contribution in [0.3, 0.4) is 0 Å². The molecule has 12 atom stereocenters. The number of fused-ring (bicyclic) bond motifs is 5. The summed E-state index contributed by atoms with van der Waals surface area (Å²) in [6.45, 7) is 9.73. The highest BCUT2D eigenvalue weighted by atomic mass is 16.6. The van der Waals surface area contributed by atoms with Crippen LogP contribution in [0.25, 0.3) is 0 Å². The van der Waals surface area contributed by atoms with Gasteiger partial charge in [-0.05, 0) is 25.0 Å². The van der Waals surface area contributed by atoms with Crippen LogP contribution in [0.4, 0.5) is 0 Å². The quantitative estimate of drug-likeness (QED) is 0.144. The highest BCUT2D eigenvalue weighted by molar-refractivity contribution is 5.78. The van der Waals surface area contributed by atoms with Crippen LogP contribution in [0.5, 0.6) is 0 Å². The van der Waals surface area contributed by atoms with Crippen molar-refractivity contribution in [2.45, 2.75) is 121 Å². The third-order valence-corrected chi connectivity index (χ3v) is 10.3. The number of amides is 1. The van der Waals surface area contributed by atoms with E-state index in [1.54, 1.807) is 20.8 Å². The van der Waals surface area contributed by atoms with E-state index in [1.807, 2.05) is 0 Å². The van der Waals surface area contributed by atoms with Crippen molar-refractivity contribution in [3.63, 3.8) is 0 Å². The van der Waals surface area contributed by atoms with Gasteiger partial charge in [0, 0.05) is 43.4 Å². The second kappa shape index (κ2) is 10.2. The number of ether oxygens (including phenoxy) is 3. The molecule has 0 aromatic carbocycles. The number of nitrogens with one attached hydrogen (secondary N) is 1. The third-order valence-electron chi connectivity index (χ3n) is 10.3. The lowest BCUT2D eigenvalue weighted by molar-refractivity contribution is -0.365. The van der Waals surface area contributed by atoms with Gasteiger partial charge in [-0.15, -0.1) is 0 Å². The van der Waals surface area contributed by atoms with E-state index in [-0.39, 0.29) is 30.6 Å². The van der Waals surface area contributed by atoms with Crippen LogP contribution < -0.4 is 5.32 Å². The molecule has 2 bridgehead atoms. The van der Waals surface area contributed by atoms with Crippen LogP contribution in [-0.4, -0.2) is 115 Å². The van der Waals surface area contributed by atoms with Crippen LogP contribution in [0.2, 0.25) is 0 Å². The first-order chi connectivity index (χ1) is 18.7. The molecule has 0 radical (unpaired) electrons. The van der Waals surface area contributed by atoms with Gasteiger partial charge in [0.1, 0.15) is 29.5 Å². The molecule has 13 nitrogen and oxygen atoms in total. The van der Waals surface area contributed by atoms with E-state index in [4.69, 9.17) is 14.2 Å². The van der Waals surface area contributed by atoms with Gasteiger partial charge in [0.25, 0.3) is 0 Å². The van der Waals surface area contributed by atoms with Crippen molar-refractivity contribution in [3.8, 4) is 0 Å². The summed E-state index contributed by atoms with van der Waals surface area (Å²) in [5.41, 5.74) is -6.60. The Bertz CT molecular complexity index is 1140. The zero-order valence-electron chi connectivity index (χ0n) is 24.5. The van der Waals surface area contributed by atoms with Crippen molar-refractivity contribution >= 4 is 17.8 Å². The molecule has 2 saturated carbocycles. The summed E-state index contributed by atoms with van der Waals surface area (Å²) in [7, 11) is 0. The third kappa shape index (κ3) is 4.52. The highest BCUT2D eigenvalue weighted by Gasteiger charge is 2.76. The second-order valence-corrected chi connectivity index (χ2v) is 13.0. The number of hydrogen-bond donors (Lipinski definition) is 7. The van der Waals surface area contributed by atoms with Gasteiger partial charge in [0.15, 0.2) is 6.10 Å². The lowest BCUT2D eigenvalue weighted by atomic mass is 9.44. The molecule has 0 aromatic heterocycles. The highest BCUT2D eigenvalue weighted by Crippen LogP contribution is 2.64. The van der Waals surface area contributed by atoms with Gasteiger partial charge in [-0.2, -0.15) is 0 Å². The summed E-state index contributed by atoms with van der Waals surface area (Å²) in [5, 5.41) is 72.2. The number of carbonyl (C=O) groups is 3. The second-order valence-electron chi connectivity index (χ2n) is 13.0. The molecular formula is C28H43NO12. The smallest absolute Gasteiger partial charge is 0.337 e. The van der Waals surface area contributed by atoms with E-state index in [1.165, 1.54) is 20.8 Å². The maximum Gasteiger partial charge on any atom is 0.337 e. The average Bonchev–Trinajstić information content (AvgIpc) is 2.85. The standard InChI is InChI=1S/C28H43NO12/c1-11-15(41-24(36)19(33)12(2)29-13(3)30)9-28(38)23(40-14(4)31)21-26(7,16(32)8-17-27(21,37)10-39-17)22(35)20(34)18(11)25(28,5)6/h12,15-17,19-23,32-35,37-38H,8-10H2,1-7H3,(H,29,30)/t12-,15?,16-,17+,19+,20+,21-,22+,23-,26+,27-,28+/m0/s1. The summed E-state index contributed by atoms with van der Waals surface area (Å²) < 4.78 is 17.0. The molecule has 41 heavy (non-hydrogen) atoms. The number of aliphatic hydroxyl groups is 6. The molecule has 4 aliphatic rings. The fraction of sp³-hybridized carbons (Fsp3) is 0.821. The predicted molar refractivity (Wildman–Crippen MR) is 140 cm³/mol. The van der Waals surface area contributed by atoms with Crippen molar-refractivity contribution in [1.29, 1.82) is 0 Å². The van der Waals surface area contributed by atoms with Gasteiger partial charge < -0.3 is 50.2 Å². The summed E-state index contributed by atoms with van der Waals surface area (Å²) in [5.74, 6) is -3.72. The van der Waals surface area contributed by atoms with Gasteiger partial charge in [0.05, 0.1) is 31.0 Å². The van der Waals surface area contributed by atoms with Crippen molar-refractivity contribution < 1.29 is 59.2 Å². The number of rotatable bonds is 5. The largest absolute Gasteiger partial charge is 0.459 e. The zero-order valence-corrected chi connectivity index (χ0v) is 24.5. The van der Waals surface area contributed by atoms with Crippen LogP contribution in [-0.2, 0) is 28.6 Å². The first-order valence-electron chi connectivity index (χ1n) is 13.9. The molecule has 3 aliphatic carbocycles. The van der Waals surface area contributed by atoms with E-state index < -0.39 is 94.6 Å². The van der Waals surface area contributed by atoms with Gasteiger partial charge in [-0.1, -0.05) is 20.8 Å². The van der Waals surface area contributed by atoms with E-state index >= 15 is 0 Å². The fourth-order valence-corrected chi connectivity index (χ4v) is 7.83. The number of aliphatic hydroxyl groups excluding tert-OH is 4. The van der Waals surface area contributed by atoms with Gasteiger partial charge in [0.2, 0.25) is 5.91 Å². The Morgan fingerprint density at radius 3 is 2.20 bits per heavy atom. The maximum atomic E-state index is 13.0. The maximum absolute atomic E-state index is 13.0. The first-order valence-corrected chi connectivity index (χ1v) is 13.9. The van der Waals surface area contributed by atoms with Gasteiger partial charge >= 0.3 is 11.9 Å². The summed E-state index contributed by atoms with van der Waals surface area (Å²) >= 11 is 0. The molecule has 1 amide bonds. The molecular weight excluding hydrogens is 542 g/mol. The number of esters is 2. The van der Waals surface area contributed by atoms with E-state index in [0.717, 1.165) is 6.92 Å². The minimum atomic E-state index is -2.13. The van der Waals surface area contributed by atoms with Crippen molar-refractivity contribution in [1.82, 2.24) is 5.32 Å². The SMILES string of the molecule is CC(=O)N[C@@H](C)[C@@H](O)C(=O)OC1C[C@@]2(O)[C@@H](OC(C)=O)[C@@H]3[C@]4(O)CO[C@@H]4C[C@H](O)[C@@]3(C)[C@H](O)[C@H](O)C(=C1C)C2(C)C. The van der Waals surface area contributed by atoms with Crippen molar-refractivity contribution in [3.05, 3.63) is 11.1 Å². The molecule has 1 saturated heterocycles. The Morgan fingerprint density at radius 2 is 1.68 bits per heavy atom. The molecule has 1 aliphatic heterocycles. The summed E-state index contributed by atoms with van der Waals surface area (Å²) in [6.07, 6.45) is -10.7. The van der Waals surface area contributed by atoms with Crippen LogP contribution in [0.1, 0.15) is 61.3 Å².